The van der Waals surface area contributed by atoms with Crippen LogP contribution in [-0.2, 0) is 14.6 Å². The van der Waals surface area contributed by atoms with Crippen molar-refractivity contribution in [2.24, 2.45) is 16.7 Å². The van der Waals surface area contributed by atoms with E-state index in [1.165, 1.54) is 42.5 Å². The Labute approximate surface area is 149 Å². The fourth-order valence-corrected chi connectivity index (χ4v) is 3.68. The average Bonchev–Trinajstić information content (AvgIpc) is 2.65. The maximum absolute atomic E-state index is 12.8. The van der Waals surface area contributed by atoms with Crippen LogP contribution in [-0.4, -0.2) is 36.5 Å². The number of hydrogen-bond acceptors (Lipinski definition) is 7. The van der Waals surface area contributed by atoms with Crippen LogP contribution in [0, 0.1) is 0 Å². The van der Waals surface area contributed by atoms with Gasteiger partial charge in [-0.2, -0.15) is 5.10 Å². The van der Waals surface area contributed by atoms with E-state index in [4.69, 9.17) is 11.6 Å². The minimum Gasteiger partial charge on any atom is -0.479 e. The van der Waals surface area contributed by atoms with E-state index >= 15 is 0 Å². The maximum atomic E-state index is 12.8. The number of hydrogen-bond donors (Lipinski definition) is 4. The van der Waals surface area contributed by atoms with Crippen molar-refractivity contribution in [3.63, 3.8) is 0 Å². The van der Waals surface area contributed by atoms with Gasteiger partial charge in [0.25, 0.3) is 4.87 Å². The number of nitrogens with two attached hydrogens (primary N) is 2. The van der Waals surface area contributed by atoms with E-state index in [-0.39, 0.29) is 10.5 Å². The number of hydrazone groups is 1. The number of ketones is 1. The van der Waals surface area contributed by atoms with E-state index in [1.54, 1.807) is 12.1 Å². The first-order valence-electron chi connectivity index (χ1n) is 7.20. The van der Waals surface area contributed by atoms with Gasteiger partial charge in [0.1, 0.15) is 6.34 Å². The molecule has 1 atom stereocenters. The van der Waals surface area contributed by atoms with E-state index < -0.39 is 26.5 Å². The third kappa shape index (κ3) is 3.27. The molecule has 0 aliphatic heterocycles. The molecule has 0 spiro atoms. The van der Waals surface area contributed by atoms with Gasteiger partial charge in [-0.05, 0) is 24.3 Å². The highest BCUT2D eigenvalue weighted by molar-refractivity contribution is 7.94. The first-order chi connectivity index (χ1) is 12.2. The number of sulfone groups is 1. The first-order valence-corrected chi connectivity index (χ1v) is 8.68. The minimum absolute atomic E-state index is 0.204. The second kappa shape index (κ2) is 7.33. The number of rotatable bonds is 7. The largest absolute Gasteiger partial charge is 0.479 e. The third-order valence-electron chi connectivity index (χ3n) is 3.56. The molecule has 0 saturated heterocycles. The van der Waals surface area contributed by atoms with Gasteiger partial charge < -0.3 is 16.3 Å². The van der Waals surface area contributed by atoms with E-state index in [1.807, 2.05) is 0 Å². The standard InChI is InChI=1S/C16H16N4O5S/c17-16(15(22)23,26(24,25)13-7-2-1-3-8-13)14(21)11-5-4-6-12(9-11)19-10-20-18/h1-10H,17-18H2,(H,19,20)(H,22,23). The van der Waals surface area contributed by atoms with Crippen LogP contribution in [0.2, 0.25) is 0 Å². The molecule has 2 aromatic carbocycles. The molecule has 0 bridgehead atoms. The van der Waals surface area contributed by atoms with Crippen molar-refractivity contribution in [1.29, 1.82) is 0 Å². The summed E-state index contributed by atoms with van der Waals surface area (Å²) in [5, 5.41) is 15.4. The van der Waals surface area contributed by atoms with Gasteiger partial charge in [-0.1, -0.05) is 30.3 Å². The molecule has 10 heteroatoms. The van der Waals surface area contributed by atoms with Crippen LogP contribution in [0.25, 0.3) is 0 Å². The second-order valence-electron chi connectivity index (χ2n) is 5.19. The number of nitrogens with zero attached hydrogens (tertiary/aromatic N) is 1. The molecular weight excluding hydrogens is 360 g/mol. The van der Waals surface area contributed by atoms with Crippen molar-refractivity contribution in [2.75, 3.05) is 5.32 Å². The number of carboxylic acids is 1. The molecule has 0 saturated carbocycles. The first kappa shape index (κ1) is 19.1. The van der Waals surface area contributed by atoms with Crippen LogP contribution < -0.4 is 16.9 Å². The van der Waals surface area contributed by atoms with Crippen molar-refractivity contribution in [2.45, 2.75) is 9.77 Å². The number of carboxylic acid groups (broad SMARTS) is 1. The zero-order valence-electron chi connectivity index (χ0n) is 13.4. The van der Waals surface area contributed by atoms with Crippen LogP contribution in [0.15, 0.2) is 64.6 Å². The number of aliphatic carboxylic acids is 1. The number of carbonyl (C=O) groups excluding carboxylic acids is 1. The van der Waals surface area contributed by atoms with Gasteiger partial charge in [0, 0.05) is 11.3 Å². The average molecular weight is 376 g/mol. The lowest BCUT2D eigenvalue weighted by molar-refractivity contribution is -0.138. The van der Waals surface area contributed by atoms with Gasteiger partial charge in [-0.25, -0.2) is 13.2 Å². The summed E-state index contributed by atoms with van der Waals surface area (Å²) in [4.78, 5) is 21.0. The SMILES string of the molecule is NN=CNc1cccc(C(=O)C(N)(C(=O)O)S(=O)(=O)c2ccccc2)c1. The second-order valence-corrected chi connectivity index (χ2v) is 7.31. The molecule has 0 heterocycles. The molecular formula is C16H16N4O5S. The molecule has 136 valence electrons. The highest BCUT2D eigenvalue weighted by Gasteiger charge is 2.55. The van der Waals surface area contributed by atoms with Crippen LogP contribution in [0.5, 0.6) is 0 Å². The molecule has 26 heavy (non-hydrogen) atoms. The van der Waals surface area contributed by atoms with Gasteiger partial charge in [-0.15, -0.1) is 0 Å². The highest BCUT2D eigenvalue weighted by atomic mass is 32.2. The Balaban J connectivity index is 2.56. The Bertz CT molecular complexity index is 960. The predicted octanol–water partition coefficient (Wildman–Crippen LogP) is 0.397. The zero-order chi connectivity index (χ0) is 19.4. The lowest BCUT2D eigenvalue weighted by Gasteiger charge is -2.23. The lowest BCUT2D eigenvalue weighted by Crippen LogP contribution is -2.60. The normalized spacial score (nSPS) is 13.9. The molecule has 9 nitrogen and oxygen atoms in total. The zero-order valence-corrected chi connectivity index (χ0v) is 14.2. The summed E-state index contributed by atoms with van der Waals surface area (Å²) in [7, 11) is -4.72. The van der Waals surface area contributed by atoms with E-state index in [2.05, 4.69) is 10.4 Å². The Morgan fingerprint density at radius 1 is 1.12 bits per heavy atom. The molecule has 0 fully saturated rings. The van der Waals surface area contributed by atoms with Gasteiger partial charge in [0.2, 0.25) is 15.6 Å². The van der Waals surface area contributed by atoms with Gasteiger partial charge in [0.15, 0.2) is 0 Å². The minimum atomic E-state index is -4.72. The Morgan fingerprint density at radius 3 is 2.35 bits per heavy atom. The number of benzene rings is 2. The van der Waals surface area contributed by atoms with Crippen molar-refractivity contribution in [3.05, 3.63) is 60.2 Å². The maximum Gasteiger partial charge on any atom is 0.348 e. The fraction of sp³-hybridized carbons (Fsp3) is 0.0625. The summed E-state index contributed by atoms with van der Waals surface area (Å²) >= 11 is 0. The molecule has 0 aliphatic carbocycles. The molecule has 0 amide bonds. The number of carbonyl (C=O) groups is 2. The number of nitrogens with one attached hydrogen (secondary N) is 1. The smallest absolute Gasteiger partial charge is 0.348 e. The summed E-state index contributed by atoms with van der Waals surface area (Å²) in [6, 6.07) is 12.2. The van der Waals surface area contributed by atoms with E-state index in [9.17, 15) is 23.1 Å². The molecule has 2 aromatic rings. The van der Waals surface area contributed by atoms with Crippen LogP contribution >= 0.6 is 0 Å². The summed E-state index contributed by atoms with van der Waals surface area (Å²) in [5.74, 6) is 1.71. The van der Waals surface area contributed by atoms with Crippen LogP contribution in [0.4, 0.5) is 5.69 Å². The van der Waals surface area contributed by atoms with Crippen LogP contribution in [0.1, 0.15) is 10.4 Å². The summed E-state index contributed by atoms with van der Waals surface area (Å²) < 4.78 is 25.6. The van der Waals surface area contributed by atoms with Gasteiger partial charge in [-0.3, -0.25) is 10.5 Å². The summed E-state index contributed by atoms with van der Waals surface area (Å²) in [5.41, 5.74) is 5.81. The predicted molar refractivity (Wildman–Crippen MR) is 95.3 cm³/mol. The van der Waals surface area contributed by atoms with E-state index in [0.717, 1.165) is 6.34 Å². The molecule has 2 rings (SSSR count). The lowest BCUT2D eigenvalue weighted by atomic mass is 10.0. The molecule has 0 aromatic heterocycles. The Kier molecular flexibility index (Phi) is 5.38. The molecule has 0 radical (unpaired) electrons. The van der Waals surface area contributed by atoms with E-state index in [0.29, 0.717) is 5.69 Å². The summed E-state index contributed by atoms with van der Waals surface area (Å²) in [6.07, 6.45) is 1.14. The quantitative estimate of drug-likeness (QED) is 0.135. The monoisotopic (exact) mass is 376 g/mol. The highest BCUT2D eigenvalue weighted by Crippen LogP contribution is 2.26. The number of Topliss-reactive ketones (excluding diaryl/α,β-unsaturated/α-hetero) is 1. The Morgan fingerprint density at radius 2 is 1.77 bits per heavy atom. The molecule has 1 unspecified atom stereocenters. The van der Waals surface area contributed by atoms with Crippen molar-refractivity contribution in [1.82, 2.24) is 0 Å². The fourth-order valence-electron chi connectivity index (χ4n) is 2.20. The Hall–Kier alpha value is -3.24. The van der Waals surface area contributed by atoms with Gasteiger partial charge in [0.05, 0.1) is 4.90 Å². The molecule has 0 aliphatic rings. The van der Waals surface area contributed by atoms with Gasteiger partial charge >= 0.3 is 5.97 Å². The van der Waals surface area contributed by atoms with Crippen LogP contribution in [0.3, 0.4) is 0 Å². The van der Waals surface area contributed by atoms with Crippen molar-refractivity contribution >= 4 is 33.6 Å². The topological polar surface area (TPSA) is 165 Å². The third-order valence-corrected chi connectivity index (χ3v) is 5.66. The van der Waals surface area contributed by atoms with Crippen molar-refractivity contribution < 1.29 is 23.1 Å². The van der Waals surface area contributed by atoms with Crippen molar-refractivity contribution in [3.8, 4) is 0 Å². The number of anilines is 1. The molecule has 6 N–H and O–H groups in total. The summed E-state index contributed by atoms with van der Waals surface area (Å²) in [6.45, 7) is 0.